The van der Waals surface area contributed by atoms with Gasteiger partial charge in [-0.15, -0.1) is 0 Å². The Bertz CT molecular complexity index is 1240. The number of nitrogens with one attached hydrogen (secondary N) is 1. The van der Waals surface area contributed by atoms with Crippen LogP contribution in [0.5, 0.6) is 0 Å². The van der Waals surface area contributed by atoms with Crippen LogP contribution >= 0.6 is 0 Å². The maximum absolute atomic E-state index is 13.0. The fourth-order valence-electron chi connectivity index (χ4n) is 3.87. The first-order chi connectivity index (χ1) is 15.9. The lowest BCUT2D eigenvalue weighted by Crippen LogP contribution is -2.28. The fraction of sp³-hybridized carbons (Fsp3) is 0.391. The van der Waals surface area contributed by atoms with Crippen molar-refractivity contribution in [1.82, 2.24) is 24.1 Å². The van der Waals surface area contributed by atoms with Crippen LogP contribution < -0.4 is 10.9 Å². The van der Waals surface area contributed by atoms with E-state index in [-0.39, 0.29) is 23.8 Å². The Balaban J connectivity index is 0.000000459. The number of nitrogens with zero attached hydrogens (tertiary/aromatic N) is 5. The smallest absolute Gasteiger partial charge is 0.280 e. The molecule has 174 valence electrons. The summed E-state index contributed by atoms with van der Waals surface area (Å²) in [5.74, 6) is -0.587. The topological polar surface area (TPSA) is 93.8 Å². The van der Waals surface area contributed by atoms with Crippen molar-refractivity contribution in [2.24, 2.45) is 0 Å². The van der Waals surface area contributed by atoms with Gasteiger partial charge in [-0.3, -0.25) is 9.59 Å². The lowest BCUT2D eigenvalue weighted by Gasteiger charge is -2.16. The van der Waals surface area contributed by atoms with E-state index in [0.717, 1.165) is 25.1 Å². The second-order valence-corrected chi connectivity index (χ2v) is 8.01. The quantitative estimate of drug-likeness (QED) is 0.651. The van der Waals surface area contributed by atoms with Gasteiger partial charge in [-0.25, -0.2) is 9.37 Å². The third-order valence-electron chi connectivity index (χ3n) is 5.64. The number of anilines is 1. The van der Waals surface area contributed by atoms with Gasteiger partial charge in [0.1, 0.15) is 23.8 Å². The Morgan fingerprint density at radius 1 is 1.30 bits per heavy atom. The van der Waals surface area contributed by atoms with Crippen molar-refractivity contribution in [2.75, 3.05) is 25.6 Å². The number of carbonyl (C=O) groups excluding carboxylic acids is 1. The van der Waals surface area contributed by atoms with Crippen LogP contribution in [0.3, 0.4) is 0 Å². The van der Waals surface area contributed by atoms with Crippen LogP contribution in [0, 0.1) is 5.82 Å². The minimum atomic E-state index is -0.483. The molecule has 5 heterocycles. The summed E-state index contributed by atoms with van der Waals surface area (Å²) in [6.45, 7) is 8.36. The summed E-state index contributed by atoms with van der Waals surface area (Å²) in [6.07, 6.45) is 4.25. The van der Waals surface area contributed by atoms with Crippen molar-refractivity contribution in [3.05, 3.63) is 64.1 Å². The van der Waals surface area contributed by atoms with Crippen molar-refractivity contribution in [2.45, 2.75) is 39.3 Å². The summed E-state index contributed by atoms with van der Waals surface area (Å²) >= 11 is 0. The minimum absolute atomic E-state index is 0.0626. The van der Waals surface area contributed by atoms with Crippen molar-refractivity contribution >= 4 is 23.1 Å². The summed E-state index contributed by atoms with van der Waals surface area (Å²) in [6, 6.07) is 4.41. The zero-order valence-electron chi connectivity index (χ0n) is 18.8. The highest BCUT2D eigenvalue weighted by Crippen LogP contribution is 2.29. The number of ether oxygens (including phenoxy) is 1. The van der Waals surface area contributed by atoms with Gasteiger partial charge in [0.2, 0.25) is 5.91 Å². The van der Waals surface area contributed by atoms with Crippen LogP contribution in [-0.2, 0) is 29.0 Å². The van der Waals surface area contributed by atoms with Gasteiger partial charge < -0.3 is 19.5 Å². The second kappa shape index (κ2) is 9.53. The van der Waals surface area contributed by atoms with Crippen LogP contribution in [0.2, 0.25) is 0 Å². The largest absolute Gasteiger partial charge is 0.381 e. The number of hydrogen-bond donors (Lipinski definition) is 1. The van der Waals surface area contributed by atoms with Crippen LogP contribution in [-0.4, -0.2) is 50.2 Å². The number of halogens is 1. The van der Waals surface area contributed by atoms with Crippen LogP contribution in [0.1, 0.15) is 36.7 Å². The number of rotatable bonds is 4. The van der Waals surface area contributed by atoms with Crippen LogP contribution in [0.4, 0.5) is 10.2 Å². The van der Waals surface area contributed by atoms with Gasteiger partial charge in [0.15, 0.2) is 0 Å². The Hall–Kier alpha value is -3.53. The Morgan fingerprint density at radius 3 is 2.67 bits per heavy atom. The normalized spacial score (nSPS) is 14.9. The Kier molecular flexibility index (Phi) is 6.55. The molecule has 0 spiro atoms. The SMILES string of the molecule is C1CCOC1.C=C1c2c(c(=O)n3nc(CC)cc3n2CC(=O)Nc2ccc(F)cn2)CN1C. The standard InChI is InChI=1S/C19H19FN6O2.C4H8O/c1-4-13-7-17-25(10-16(27)22-15-6-5-12(20)8-21-15)18-11(2)24(3)9-14(18)19(28)26(17)23-13;1-2-4-5-3-1/h5-8H,2,4,9-10H2,1,3H3,(H,21,22,27);1-4H2. The molecule has 9 nitrogen and oxygen atoms in total. The molecule has 2 aliphatic heterocycles. The van der Waals surface area contributed by atoms with Gasteiger partial charge in [0, 0.05) is 26.3 Å². The molecule has 0 atom stereocenters. The fourth-order valence-corrected chi connectivity index (χ4v) is 3.87. The molecule has 1 fully saturated rings. The van der Waals surface area contributed by atoms with Crippen LogP contribution in [0.15, 0.2) is 35.8 Å². The summed E-state index contributed by atoms with van der Waals surface area (Å²) in [5, 5.41) is 7.02. The molecule has 1 saturated heterocycles. The van der Waals surface area contributed by atoms with E-state index < -0.39 is 5.82 Å². The monoisotopic (exact) mass is 454 g/mol. The van der Waals surface area contributed by atoms with E-state index in [2.05, 4.69) is 22.0 Å². The van der Waals surface area contributed by atoms with Gasteiger partial charge in [-0.05, 0) is 31.4 Å². The summed E-state index contributed by atoms with van der Waals surface area (Å²) < 4.78 is 21.0. The van der Waals surface area contributed by atoms with E-state index in [1.807, 2.05) is 18.9 Å². The summed E-state index contributed by atoms with van der Waals surface area (Å²) in [5.41, 5.74) is 2.94. The molecule has 0 aliphatic carbocycles. The molecular weight excluding hydrogens is 427 g/mol. The highest BCUT2D eigenvalue weighted by Gasteiger charge is 2.29. The predicted octanol–water partition coefficient (Wildman–Crippen LogP) is 2.44. The van der Waals surface area contributed by atoms with Crippen molar-refractivity contribution in [3.63, 3.8) is 0 Å². The molecule has 5 rings (SSSR count). The van der Waals surface area contributed by atoms with Gasteiger partial charge in [0.05, 0.1) is 35.4 Å². The molecule has 3 aromatic rings. The lowest BCUT2D eigenvalue weighted by atomic mass is 10.2. The maximum Gasteiger partial charge on any atom is 0.280 e. The van der Waals surface area contributed by atoms with Crippen molar-refractivity contribution in [3.8, 4) is 0 Å². The number of hydrogen-bond acceptors (Lipinski definition) is 6. The average Bonchev–Trinajstić information content (AvgIpc) is 3.55. The highest BCUT2D eigenvalue weighted by atomic mass is 19.1. The first kappa shape index (κ1) is 22.7. The van der Waals surface area contributed by atoms with Gasteiger partial charge in [0.25, 0.3) is 5.56 Å². The number of fused-ring (bicyclic) bond motifs is 2. The molecule has 33 heavy (non-hydrogen) atoms. The van der Waals surface area contributed by atoms with Crippen molar-refractivity contribution in [1.29, 1.82) is 0 Å². The lowest BCUT2D eigenvalue weighted by molar-refractivity contribution is -0.116. The zero-order valence-corrected chi connectivity index (χ0v) is 18.8. The number of aromatic nitrogens is 4. The third kappa shape index (κ3) is 4.65. The number of amides is 1. The highest BCUT2D eigenvalue weighted by molar-refractivity contribution is 5.90. The molecule has 0 bridgehead atoms. The number of aryl methyl sites for hydroxylation is 1. The Morgan fingerprint density at radius 2 is 2.06 bits per heavy atom. The molecule has 0 unspecified atom stereocenters. The summed E-state index contributed by atoms with van der Waals surface area (Å²) in [7, 11) is 1.84. The number of pyridine rings is 1. The van der Waals surface area contributed by atoms with E-state index in [0.29, 0.717) is 35.6 Å². The molecule has 1 amide bonds. The van der Waals surface area contributed by atoms with E-state index in [9.17, 15) is 14.0 Å². The molecule has 3 aromatic heterocycles. The molecular formula is C23H27FN6O3. The van der Waals surface area contributed by atoms with Crippen LogP contribution in [0.25, 0.3) is 11.3 Å². The first-order valence-corrected chi connectivity index (χ1v) is 10.9. The van der Waals surface area contributed by atoms with Gasteiger partial charge in [-0.1, -0.05) is 13.5 Å². The van der Waals surface area contributed by atoms with Crippen molar-refractivity contribution < 1.29 is 13.9 Å². The Labute approximate surface area is 190 Å². The molecule has 0 saturated carbocycles. The summed E-state index contributed by atoms with van der Waals surface area (Å²) in [4.78, 5) is 31.2. The molecule has 1 N–H and O–H groups in total. The second-order valence-electron chi connectivity index (χ2n) is 8.01. The maximum atomic E-state index is 13.0. The molecule has 0 aromatic carbocycles. The third-order valence-corrected chi connectivity index (χ3v) is 5.64. The molecule has 2 aliphatic rings. The van der Waals surface area contributed by atoms with E-state index >= 15 is 0 Å². The molecule has 10 heteroatoms. The predicted molar refractivity (Wildman–Crippen MR) is 122 cm³/mol. The average molecular weight is 455 g/mol. The minimum Gasteiger partial charge on any atom is -0.381 e. The molecule has 0 radical (unpaired) electrons. The van der Waals surface area contributed by atoms with E-state index in [4.69, 9.17) is 4.74 Å². The van der Waals surface area contributed by atoms with E-state index in [1.54, 1.807) is 10.6 Å². The first-order valence-electron chi connectivity index (χ1n) is 10.9. The van der Waals surface area contributed by atoms with Gasteiger partial charge >= 0.3 is 0 Å². The van der Waals surface area contributed by atoms with Gasteiger partial charge in [-0.2, -0.15) is 9.61 Å². The van der Waals surface area contributed by atoms with E-state index in [1.165, 1.54) is 29.5 Å². The number of carbonyl (C=O) groups is 1. The zero-order chi connectivity index (χ0) is 23.5.